The number of hydrogen-bond acceptors (Lipinski definition) is 4. The van der Waals surface area contributed by atoms with E-state index in [-0.39, 0.29) is 18.1 Å². The van der Waals surface area contributed by atoms with Gasteiger partial charge in [0, 0.05) is 34.8 Å². The Kier molecular flexibility index (Phi) is 5.78. The van der Waals surface area contributed by atoms with E-state index in [1.165, 1.54) is 24.3 Å². The minimum absolute atomic E-state index is 0.0135. The SMILES string of the molecule is O=C(NCCNc1ccccc1[N+](=O)[O-])c1cc(Cl)cc(Cl)c1. The molecule has 0 atom stereocenters. The fourth-order valence-electron chi connectivity index (χ4n) is 1.94. The largest absolute Gasteiger partial charge is 0.378 e. The molecule has 0 radical (unpaired) electrons. The number of para-hydroxylation sites is 2. The zero-order valence-electron chi connectivity index (χ0n) is 11.9. The van der Waals surface area contributed by atoms with Gasteiger partial charge in [0.15, 0.2) is 0 Å². The molecule has 0 aliphatic carbocycles. The van der Waals surface area contributed by atoms with Crippen molar-refractivity contribution in [1.29, 1.82) is 0 Å². The first-order chi connectivity index (χ1) is 11.0. The van der Waals surface area contributed by atoms with Crippen LogP contribution in [0.1, 0.15) is 10.4 Å². The summed E-state index contributed by atoms with van der Waals surface area (Å²) in [5.41, 5.74) is 0.742. The van der Waals surface area contributed by atoms with Crippen LogP contribution in [0.25, 0.3) is 0 Å². The molecule has 0 unspecified atom stereocenters. The number of nitro benzene ring substituents is 1. The maximum atomic E-state index is 12.0. The number of carbonyl (C=O) groups excluding carboxylic acids is 1. The molecular weight excluding hydrogens is 341 g/mol. The number of anilines is 1. The quantitative estimate of drug-likeness (QED) is 0.470. The van der Waals surface area contributed by atoms with E-state index in [0.29, 0.717) is 27.8 Å². The number of nitro groups is 1. The molecule has 0 saturated carbocycles. The zero-order valence-corrected chi connectivity index (χ0v) is 13.4. The number of hydrogen-bond donors (Lipinski definition) is 2. The molecule has 0 aromatic heterocycles. The number of rotatable bonds is 6. The normalized spacial score (nSPS) is 10.2. The molecule has 0 fully saturated rings. The average Bonchev–Trinajstić information content (AvgIpc) is 2.50. The van der Waals surface area contributed by atoms with Crippen LogP contribution in [0, 0.1) is 10.1 Å². The van der Waals surface area contributed by atoms with Gasteiger partial charge in [-0.1, -0.05) is 35.3 Å². The van der Waals surface area contributed by atoms with E-state index in [0.717, 1.165) is 0 Å². The van der Waals surface area contributed by atoms with Crippen LogP contribution >= 0.6 is 23.2 Å². The molecule has 23 heavy (non-hydrogen) atoms. The first-order valence-corrected chi connectivity index (χ1v) is 7.44. The third kappa shape index (κ3) is 4.84. The van der Waals surface area contributed by atoms with Crippen molar-refractivity contribution < 1.29 is 9.72 Å². The first-order valence-electron chi connectivity index (χ1n) is 6.69. The Balaban J connectivity index is 1.88. The number of halogens is 2. The minimum Gasteiger partial charge on any atom is -0.378 e. The van der Waals surface area contributed by atoms with E-state index in [1.54, 1.807) is 18.2 Å². The second-order valence-corrected chi connectivity index (χ2v) is 5.49. The van der Waals surface area contributed by atoms with Crippen molar-refractivity contribution in [3.8, 4) is 0 Å². The number of nitrogens with zero attached hydrogens (tertiary/aromatic N) is 1. The number of nitrogens with one attached hydrogen (secondary N) is 2. The molecule has 8 heteroatoms. The maximum absolute atomic E-state index is 12.0. The second-order valence-electron chi connectivity index (χ2n) is 4.62. The lowest BCUT2D eigenvalue weighted by Gasteiger charge is -2.09. The van der Waals surface area contributed by atoms with Crippen molar-refractivity contribution in [3.63, 3.8) is 0 Å². The maximum Gasteiger partial charge on any atom is 0.292 e. The van der Waals surface area contributed by atoms with Crippen LogP contribution in [0.4, 0.5) is 11.4 Å². The highest BCUT2D eigenvalue weighted by atomic mass is 35.5. The van der Waals surface area contributed by atoms with Gasteiger partial charge < -0.3 is 10.6 Å². The summed E-state index contributed by atoms with van der Waals surface area (Å²) in [7, 11) is 0. The third-order valence-corrected chi connectivity index (χ3v) is 3.39. The van der Waals surface area contributed by atoms with Crippen LogP contribution in [0.3, 0.4) is 0 Å². The Labute approximate surface area is 142 Å². The summed E-state index contributed by atoms with van der Waals surface area (Å²) in [6, 6.07) is 10.9. The monoisotopic (exact) mass is 353 g/mol. The molecule has 0 aliphatic rings. The van der Waals surface area contributed by atoms with Crippen LogP contribution in [0.15, 0.2) is 42.5 Å². The second kappa shape index (κ2) is 7.80. The van der Waals surface area contributed by atoms with Crippen LogP contribution in [-0.4, -0.2) is 23.9 Å². The standard InChI is InChI=1S/C15H13Cl2N3O3/c16-11-7-10(8-12(17)9-11)15(21)19-6-5-18-13-3-1-2-4-14(13)20(22)23/h1-4,7-9,18H,5-6H2,(H,19,21). The fourth-order valence-corrected chi connectivity index (χ4v) is 2.47. The Morgan fingerprint density at radius 1 is 1.09 bits per heavy atom. The number of carbonyl (C=O) groups is 1. The molecule has 0 spiro atoms. The predicted molar refractivity (Wildman–Crippen MR) is 90.4 cm³/mol. The van der Waals surface area contributed by atoms with E-state index in [1.807, 2.05) is 0 Å². The van der Waals surface area contributed by atoms with Crippen LogP contribution in [0.5, 0.6) is 0 Å². The summed E-state index contributed by atoms with van der Waals surface area (Å²) < 4.78 is 0. The van der Waals surface area contributed by atoms with Crippen molar-refractivity contribution >= 4 is 40.5 Å². The molecule has 2 aromatic carbocycles. The summed E-state index contributed by atoms with van der Waals surface area (Å²) in [6.07, 6.45) is 0. The topological polar surface area (TPSA) is 84.3 Å². The lowest BCUT2D eigenvalue weighted by Crippen LogP contribution is -2.28. The lowest BCUT2D eigenvalue weighted by atomic mass is 10.2. The van der Waals surface area contributed by atoms with Gasteiger partial charge in [0.1, 0.15) is 5.69 Å². The highest BCUT2D eigenvalue weighted by molar-refractivity contribution is 6.35. The van der Waals surface area contributed by atoms with Crippen molar-refractivity contribution in [2.75, 3.05) is 18.4 Å². The van der Waals surface area contributed by atoms with Gasteiger partial charge in [0.05, 0.1) is 4.92 Å². The van der Waals surface area contributed by atoms with Gasteiger partial charge in [-0.25, -0.2) is 0 Å². The van der Waals surface area contributed by atoms with Gasteiger partial charge in [-0.15, -0.1) is 0 Å². The molecule has 2 rings (SSSR count). The summed E-state index contributed by atoms with van der Waals surface area (Å²) in [4.78, 5) is 22.4. The fraction of sp³-hybridized carbons (Fsp3) is 0.133. The van der Waals surface area contributed by atoms with E-state index in [9.17, 15) is 14.9 Å². The van der Waals surface area contributed by atoms with Gasteiger partial charge in [-0.2, -0.15) is 0 Å². The highest BCUT2D eigenvalue weighted by Gasteiger charge is 2.12. The van der Waals surface area contributed by atoms with Crippen molar-refractivity contribution in [1.82, 2.24) is 5.32 Å². The number of benzene rings is 2. The van der Waals surface area contributed by atoms with E-state index >= 15 is 0 Å². The molecule has 120 valence electrons. The molecule has 0 bridgehead atoms. The van der Waals surface area contributed by atoms with E-state index in [4.69, 9.17) is 23.2 Å². The summed E-state index contributed by atoms with van der Waals surface area (Å²) >= 11 is 11.7. The molecule has 0 heterocycles. The molecule has 2 N–H and O–H groups in total. The zero-order chi connectivity index (χ0) is 16.8. The molecule has 2 aromatic rings. The summed E-state index contributed by atoms with van der Waals surface area (Å²) in [5, 5.41) is 17.2. The lowest BCUT2D eigenvalue weighted by molar-refractivity contribution is -0.384. The highest BCUT2D eigenvalue weighted by Crippen LogP contribution is 2.22. The van der Waals surface area contributed by atoms with Crippen LogP contribution in [0.2, 0.25) is 10.0 Å². The number of amides is 1. The first kappa shape index (κ1) is 17.1. The Morgan fingerprint density at radius 2 is 1.74 bits per heavy atom. The molecule has 6 nitrogen and oxygen atoms in total. The Bertz CT molecular complexity index is 717. The van der Waals surface area contributed by atoms with E-state index < -0.39 is 4.92 Å². The average molecular weight is 354 g/mol. The molecule has 0 saturated heterocycles. The smallest absolute Gasteiger partial charge is 0.292 e. The minimum atomic E-state index is -0.463. The molecule has 0 aliphatic heterocycles. The van der Waals surface area contributed by atoms with Crippen molar-refractivity contribution in [2.45, 2.75) is 0 Å². The van der Waals surface area contributed by atoms with Crippen LogP contribution < -0.4 is 10.6 Å². The summed E-state index contributed by atoms with van der Waals surface area (Å²) in [6.45, 7) is 0.625. The van der Waals surface area contributed by atoms with Gasteiger partial charge in [-0.05, 0) is 24.3 Å². The third-order valence-electron chi connectivity index (χ3n) is 2.95. The van der Waals surface area contributed by atoms with Gasteiger partial charge >= 0.3 is 0 Å². The Morgan fingerprint density at radius 3 is 2.39 bits per heavy atom. The van der Waals surface area contributed by atoms with Gasteiger partial charge in [0.2, 0.25) is 0 Å². The molecule has 1 amide bonds. The predicted octanol–water partition coefficient (Wildman–Crippen LogP) is 3.74. The van der Waals surface area contributed by atoms with Crippen molar-refractivity contribution in [2.24, 2.45) is 0 Å². The Hall–Kier alpha value is -2.31. The van der Waals surface area contributed by atoms with E-state index in [2.05, 4.69) is 10.6 Å². The van der Waals surface area contributed by atoms with Crippen molar-refractivity contribution in [3.05, 3.63) is 68.2 Å². The molecular formula is C15H13Cl2N3O3. The van der Waals surface area contributed by atoms with Gasteiger partial charge in [0.25, 0.3) is 11.6 Å². The van der Waals surface area contributed by atoms with Gasteiger partial charge in [-0.3, -0.25) is 14.9 Å². The summed E-state index contributed by atoms with van der Waals surface area (Å²) in [5.74, 6) is -0.321. The van der Waals surface area contributed by atoms with Crippen LogP contribution in [-0.2, 0) is 0 Å².